The van der Waals surface area contributed by atoms with Crippen molar-refractivity contribution in [1.82, 2.24) is 0 Å². The van der Waals surface area contributed by atoms with Gasteiger partial charge in [-0.15, -0.1) is 0 Å². The molecule has 254 valence electrons. The van der Waals surface area contributed by atoms with E-state index in [1.807, 2.05) is 0 Å². The molecule has 0 amide bonds. The van der Waals surface area contributed by atoms with Crippen LogP contribution in [-0.2, 0) is 27.6 Å². The molecule has 1 saturated heterocycles. The van der Waals surface area contributed by atoms with Crippen LogP contribution in [0.1, 0.15) is 78.6 Å². The molecule has 2 unspecified atom stereocenters. The van der Waals surface area contributed by atoms with Crippen molar-refractivity contribution in [1.29, 1.82) is 0 Å². The normalized spacial score (nSPS) is 38.5. The van der Waals surface area contributed by atoms with E-state index in [9.17, 15) is 24.9 Å². The van der Waals surface area contributed by atoms with Crippen LogP contribution in [0.3, 0.4) is 0 Å². The van der Waals surface area contributed by atoms with Crippen LogP contribution in [0.25, 0.3) is 0 Å². The first-order valence-corrected chi connectivity index (χ1v) is 21.9. The molecule has 11 heteroatoms. The summed E-state index contributed by atoms with van der Waals surface area (Å²) in [4.78, 5) is 42.0. The van der Waals surface area contributed by atoms with Crippen LogP contribution in [0, 0.1) is 16.7 Å². The second-order valence-corrected chi connectivity index (χ2v) is 24.4. The van der Waals surface area contributed by atoms with Gasteiger partial charge in [0.2, 0.25) is 0 Å². The van der Waals surface area contributed by atoms with E-state index in [0.29, 0.717) is 5.57 Å². The number of hydrogen-bond donors (Lipinski definition) is 3. The Bertz CT molecular complexity index is 1400. The molecule has 0 aromatic heterocycles. The molecule has 3 aliphatic carbocycles. The van der Waals surface area contributed by atoms with Crippen LogP contribution in [0.5, 0.6) is 0 Å². The number of ketones is 1. The summed E-state index contributed by atoms with van der Waals surface area (Å²) in [5.74, 6) is -3.14. The van der Waals surface area contributed by atoms with E-state index in [2.05, 4.69) is 20.8 Å². The monoisotopic (exact) mass is 704 g/mol. The van der Waals surface area contributed by atoms with Crippen molar-refractivity contribution in [2.24, 2.45) is 16.7 Å². The number of rotatable bonds is 8. The Hall–Kier alpha value is -2.09. The molecule has 46 heavy (non-hydrogen) atoms. The van der Waals surface area contributed by atoms with Crippen LogP contribution >= 0.6 is 0 Å². The number of aliphatic hydroxyl groups is 3. The summed E-state index contributed by atoms with van der Waals surface area (Å²) in [5.41, 5.74) is -5.66. The van der Waals surface area contributed by atoms with Crippen LogP contribution in [0.15, 0.2) is 41.5 Å². The minimum atomic E-state index is -3.05. The molecule has 1 aromatic carbocycles. The fourth-order valence-corrected chi connectivity index (χ4v) is 15.3. The molecule has 0 spiro atoms. The zero-order chi connectivity index (χ0) is 34.0. The van der Waals surface area contributed by atoms with Crippen molar-refractivity contribution in [3.05, 3.63) is 47.0 Å². The molecule has 0 radical (unpaired) electrons. The Kier molecular flexibility index (Phi) is 9.27. The number of fused-ring (bicyclic) bond motifs is 5. The second kappa shape index (κ2) is 12.1. The number of ether oxygens (including phenoxy) is 3. The maximum absolute atomic E-state index is 15.1. The Morgan fingerprint density at radius 2 is 1.65 bits per heavy atom. The molecule has 3 fully saturated rings. The summed E-state index contributed by atoms with van der Waals surface area (Å²) in [6, 6.07) is 8.33. The Morgan fingerprint density at radius 3 is 2.17 bits per heavy atom. The zero-order valence-corrected chi connectivity index (χ0v) is 30.4. The summed E-state index contributed by atoms with van der Waals surface area (Å²) in [7, 11) is 0. The minimum absolute atomic E-state index is 0.102. The van der Waals surface area contributed by atoms with Gasteiger partial charge in [-0.1, -0.05) is 0 Å². The molecule has 2 saturated carbocycles. The molecule has 3 N–H and O–H groups in total. The van der Waals surface area contributed by atoms with Crippen LogP contribution < -0.4 is 0 Å². The summed E-state index contributed by atoms with van der Waals surface area (Å²) in [6.45, 7) is 14.2. The molecule has 5 rings (SSSR count). The van der Waals surface area contributed by atoms with E-state index < -0.39 is 89.8 Å². The van der Waals surface area contributed by atoms with Crippen LogP contribution in [0.2, 0.25) is 15.8 Å². The third-order valence-electron chi connectivity index (χ3n) is 12.2. The number of aliphatic hydroxyl groups excluding tert-OH is 2. The van der Waals surface area contributed by atoms with Crippen molar-refractivity contribution in [3.63, 3.8) is 0 Å². The standard InChI is InChI=1S/C35H50GeO10/c1-9-36(10-2,11-3)46-24-17-25-34(19-43-25,45-21(5)37)28-30(44-31(41)22-15-13-12-14-16-22)35(42)18-23(38)20(4)26(32(35,6)7)27(39)29(40)33(24,28)8/h12-16,23-25,27-28,30,38-39,42H,9-11,17-19H2,1-8H3/t23?,24-,25+,27+,28?,30-,33+,34-,35+/m0/s1. The molecule has 1 aliphatic heterocycles. The van der Waals surface area contributed by atoms with Crippen molar-refractivity contribution in [2.75, 3.05) is 6.61 Å². The van der Waals surface area contributed by atoms with E-state index in [1.165, 1.54) is 6.92 Å². The fraction of sp³-hybridized carbons (Fsp3) is 0.686. The van der Waals surface area contributed by atoms with Gasteiger partial charge >= 0.3 is 275 Å². The van der Waals surface area contributed by atoms with E-state index in [0.717, 1.165) is 15.8 Å². The van der Waals surface area contributed by atoms with Gasteiger partial charge < -0.3 is 0 Å². The van der Waals surface area contributed by atoms with Crippen LogP contribution in [0.4, 0.5) is 0 Å². The van der Waals surface area contributed by atoms with Gasteiger partial charge in [0.1, 0.15) is 0 Å². The van der Waals surface area contributed by atoms with Gasteiger partial charge in [0.25, 0.3) is 0 Å². The molecular formula is C35H50GeO10. The zero-order valence-electron chi connectivity index (χ0n) is 28.3. The third-order valence-corrected chi connectivity index (χ3v) is 22.0. The van der Waals surface area contributed by atoms with Gasteiger partial charge in [-0.2, -0.15) is 0 Å². The topological polar surface area (TPSA) is 149 Å². The predicted molar refractivity (Wildman–Crippen MR) is 171 cm³/mol. The quantitative estimate of drug-likeness (QED) is 0.205. The first kappa shape index (κ1) is 35.2. The first-order valence-electron chi connectivity index (χ1n) is 16.6. The number of hydrogen-bond acceptors (Lipinski definition) is 10. The summed E-state index contributed by atoms with van der Waals surface area (Å²) >= 11 is -3.05. The summed E-state index contributed by atoms with van der Waals surface area (Å²) < 4.78 is 25.8. The second-order valence-electron chi connectivity index (χ2n) is 14.5. The average Bonchev–Trinajstić information content (AvgIpc) is 3.01. The third kappa shape index (κ3) is 4.96. The molecule has 1 heterocycles. The van der Waals surface area contributed by atoms with Crippen molar-refractivity contribution in [3.8, 4) is 0 Å². The molecule has 10 nitrogen and oxygen atoms in total. The van der Waals surface area contributed by atoms with Crippen molar-refractivity contribution in [2.45, 2.75) is 126 Å². The van der Waals surface area contributed by atoms with Gasteiger partial charge in [0.15, 0.2) is 0 Å². The van der Waals surface area contributed by atoms with Gasteiger partial charge in [0.05, 0.1) is 0 Å². The Labute approximate surface area is 274 Å². The Balaban J connectivity index is 1.84. The molecule has 1 aromatic rings. The van der Waals surface area contributed by atoms with E-state index in [4.69, 9.17) is 18.0 Å². The van der Waals surface area contributed by atoms with E-state index in [1.54, 1.807) is 58.0 Å². The summed E-state index contributed by atoms with van der Waals surface area (Å²) in [5, 5.41) is 39.0. The number of Topliss-reactive ketones (excluding diaryl/α,β-unsaturated/α-hetero) is 1. The van der Waals surface area contributed by atoms with Gasteiger partial charge in [-0.05, 0) is 0 Å². The molecule has 9 atom stereocenters. The number of carbonyl (C=O) groups is 3. The van der Waals surface area contributed by atoms with Gasteiger partial charge in [-0.25, -0.2) is 0 Å². The van der Waals surface area contributed by atoms with Crippen molar-refractivity contribution >= 4 is 31.3 Å². The SMILES string of the molecule is C[CH2][Ge]([CH2]C)([CH2]C)[O][C@H]1C[C@H]2OC[C@@]2(OC(C)=O)C2[C@H](OC(=O)c3ccccc3)[C@]3(O)CC(O)C(C)=C([C@@H](O)C(=O)[C@@]21C)C3(C)C. The Morgan fingerprint density at radius 1 is 1.04 bits per heavy atom. The first-order chi connectivity index (χ1) is 21.5. The fourth-order valence-electron chi connectivity index (χ4n) is 9.11. The van der Waals surface area contributed by atoms with Crippen LogP contribution in [-0.4, -0.2) is 95.0 Å². The molecule has 2 bridgehead atoms. The van der Waals surface area contributed by atoms with Crippen molar-refractivity contribution < 1.29 is 47.7 Å². The van der Waals surface area contributed by atoms with Gasteiger partial charge in [0, 0.05) is 0 Å². The summed E-state index contributed by atoms with van der Waals surface area (Å²) in [6.07, 6.45) is -5.98. The predicted octanol–water partition coefficient (Wildman–Crippen LogP) is 4.11. The van der Waals surface area contributed by atoms with E-state index >= 15 is 4.79 Å². The number of carbonyl (C=O) groups excluding carboxylic acids is 3. The number of esters is 2. The molecular weight excluding hydrogens is 653 g/mol. The average molecular weight is 703 g/mol. The number of benzene rings is 1. The maximum atomic E-state index is 15.1. The van der Waals surface area contributed by atoms with E-state index in [-0.39, 0.29) is 30.6 Å². The van der Waals surface area contributed by atoms with Gasteiger partial charge in [-0.3, -0.25) is 0 Å². The molecule has 4 aliphatic rings.